The number of aryl methyl sites for hydroxylation is 2. The van der Waals surface area contributed by atoms with E-state index in [1.54, 1.807) is 6.20 Å². The molecule has 1 aromatic carbocycles. The van der Waals surface area contributed by atoms with E-state index in [0.717, 1.165) is 47.0 Å². The lowest BCUT2D eigenvalue weighted by molar-refractivity contribution is 0.708. The van der Waals surface area contributed by atoms with E-state index in [2.05, 4.69) is 49.1 Å². The predicted molar refractivity (Wildman–Crippen MR) is 97.5 cm³/mol. The fourth-order valence-electron chi connectivity index (χ4n) is 3.20. The van der Waals surface area contributed by atoms with E-state index in [-0.39, 0.29) is 0 Å². The molecule has 122 valence electrons. The molecule has 0 N–H and O–H groups in total. The van der Waals surface area contributed by atoms with Gasteiger partial charge in [-0.05, 0) is 43.5 Å². The van der Waals surface area contributed by atoms with Gasteiger partial charge in [-0.3, -0.25) is 4.98 Å². The second kappa shape index (κ2) is 6.02. The summed E-state index contributed by atoms with van der Waals surface area (Å²) < 4.78 is 3.01. The molecule has 0 atom stereocenters. The first-order chi connectivity index (χ1) is 11.6. The molecule has 1 aliphatic heterocycles. The number of halogens is 1. The van der Waals surface area contributed by atoms with Crippen LogP contribution in [0, 0.1) is 13.8 Å². The Morgan fingerprint density at radius 2 is 1.96 bits per heavy atom. The van der Waals surface area contributed by atoms with Gasteiger partial charge in [0.2, 0.25) is 0 Å². The number of rotatable bonds is 2. The van der Waals surface area contributed by atoms with Gasteiger partial charge in [0.15, 0.2) is 5.82 Å². The van der Waals surface area contributed by atoms with Crippen LogP contribution in [0.25, 0.3) is 5.82 Å². The highest BCUT2D eigenvalue weighted by molar-refractivity contribution is 9.10. The molecule has 2 aromatic heterocycles. The number of anilines is 1. The van der Waals surface area contributed by atoms with Gasteiger partial charge in [0.05, 0.1) is 18.1 Å². The minimum atomic E-state index is 0.760. The minimum Gasteiger partial charge on any atom is -0.351 e. The van der Waals surface area contributed by atoms with Crippen molar-refractivity contribution < 1.29 is 0 Å². The van der Waals surface area contributed by atoms with Gasteiger partial charge in [-0.1, -0.05) is 28.1 Å². The van der Waals surface area contributed by atoms with E-state index >= 15 is 0 Å². The molecule has 0 saturated carbocycles. The number of hydrogen-bond acceptors (Lipinski definition) is 4. The molecule has 0 unspecified atom stereocenters. The monoisotopic (exact) mass is 383 g/mol. The molecule has 0 fully saturated rings. The molecule has 4 rings (SSSR count). The quantitative estimate of drug-likeness (QED) is 0.677. The average molecular weight is 384 g/mol. The average Bonchev–Trinajstić information content (AvgIpc) is 2.93. The Kier molecular flexibility index (Phi) is 3.84. The van der Waals surface area contributed by atoms with Crippen molar-refractivity contribution in [3.8, 4) is 5.82 Å². The van der Waals surface area contributed by atoms with Crippen molar-refractivity contribution in [1.82, 2.24) is 19.7 Å². The van der Waals surface area contributed by atoms with E-state index in [0.29, 0.717) is 0 Å². The smallest absolute Gasteiger partial charge is 0.174 e. The lowest BCUT2D eigenvalue weighted by Gasteiger charge is -2.30. The van der Waals surface area contributed by atoms with E-state index in [1.807, 2.05) is 30.8 Å². The Labute approximate surface area is 149 Å². The number of nitrogens with zero attached hydrogens (tertiary/aromatic N) is 5. The van der Waals surface area contributed by atoms with Crippen LogP contribution in [0.2, 0.25) is 0 Å². The van der Waals surface area contributed by atoms with E-state index in [4.69, 9.17) is 4.98 Å². The summed E-state index contributed by atoms with van der Waals surface area (Å²) in [5.41, 5.74) is 4.78. The van der Waals surface area contributed by atoms with E-state index < -0.39 is 0 Å². The Hall–Kier alpha value is -2.21. The van der Waals surface area contributed by atoms with Crippen LogP contribution in [0.1, 0.15) is 22.5 Å². The fraction of sp³-hybridized carbons (Fsp3) is 0.278. The molecule has 1 aliphatic rings. The molecule has 24 heavy (non-hydrogen) atoms. The summed E-state index contributed by atoms with van der Waals surface area (Å²) in [4.78, 5) is 11.5. The Balaban J connectivity index is 1.68. The molecule has 5 nitrogen and oxygen atoms in total. The molecule has 0 radical (unpaired) electrons. The van der Waals surface area contributed by atoms with Crippen molar-refractivity contribution in [2.75, 3.05) is 11.4 Å². The van der Waals surface area contributed by atoms with Gasteiger partial charge in [0, 0.05) is 23.3 Å². The standard InChI is InChI=1S/C18H18BrN5/c1-12-8-13(2)24(22-12)18-10-20-9-17(21-18)23-7-6-14-4-3-5-16(19)15(14)11-23/h3-5,8-10H,6-7,11H2,1-2H3. The van der Waals surface area contributed by atoms with Gasteiger partial charge in [-0.15, -0.1) is 0 Å². The van der Waals surface area contributed by atoms with Gasteiger partial charge in [0.25, 0.3) is 0 Å². The molecule has 0 saturated heterocycles. The Morgan fingerprint density at radius 1 is 1.12 bits per heavy atom. The first kappa shape index (κ1) is 15.3. The van der Waals surface area contributed by atoms with Crippen LogP contribution in [0.15, 0.2) is 41.1 Å². The maximum absolute atomic E-state index is 4.79. The highest BCUT2D eigenvalue weighted by Crippen LogP contribution is 2.28. The lowest BCUT2D eigenvalue weighted by Crippen LogP contribution is -2.31. The van der Waals surface area contributed by atoms with Crippen LogP contribution in [-0.4, -0.2) is 26.3 Å². The second-order valence-corrected chi connectivity index (χ2v) is 6.98. The molecule has 0 amide bonds. The number of hydrogen-bond donors (Lipinski definition) is 0. The summed E-state index contributed by atoms with van der Waals surface area (Å²) in [6.07, 6.45) is 4.61. The van der Waals surface area contributed by atoms with Gasteiger partial charge in [0.1, 0.15) is 5.82 Å². The zero-order valence-electron chi connectivity index (χ0n) is 13.7. The normalized spacial score (nSPS) is 13.9. The molecule has 6 heteroatoms. The van der Waals surface area contributed by atoms with Crippen molar-refractivity contribution in [1.29, 1.82) is 0 Å². The fourth-order valence-corrected chi connectivity index (χ4v) is 3.73. The maximum Gasteiger partial charge on any atom is 0.174 e. The lowest BCUT2D eigenvalue weighted by atomic mass is 10.00. The van der Waals surface area contributed by atoms with E-state index in [9.17, 15) is 0 Å². The van der Waals surface area contributed by atoms with Crippen LogP contribution in [0.5, 0.6) is 0 Å². The third kappa shape index (κ3) is 2.71. The second-order valence-electron chi connectivity index (χ2n) is 6.12. The third-order valence-corrected chi connectivity index (χ3v) is 5.12. The van der Waals surface area contributed by atoms with Crippen molar-refractivity contribution in [2.45, 2.75) is 26.8 Å². The summed E-state index contributed by atoms with van der Waals surface area (Å²) in [5.74, 6) is 1.65. The minimum absolute atomic E-state index is 0.760. The summed E-state index contributed by atoms with van der Waals surface area (Å²) in [6.45, 7) is 5.80. The van der Waals surface area contributed by atoms with Crippen LogP contribution in [-0.2, 0) is 13.0 Å². The summed E-state index contributed by atoms with van der Waals surface area (Å²) in [5, 5.41) is 4.50. The molecular formula is C18H18BrN5. The number of benzene rings is 1. The molecule has 0 bridgehead atoms. The van der Waals surface area contributed by atoms with Crippen molar-refractivity contribution in [3.63, 3.8) is 0 Å². The van der Waals surface area contributed by atoms with Gasteiger partial charge >= 0.3 is 0 Å². The van der Waals surface area contributed by atoms with E-state index in [1.165, 1.54) is 11.1 Å². The zero-order chi connectivity index (χ0) is 16.7. The Morgan fingerprint density at radius 3 is 2.75 bits per heavy atom. The Bertz CT molecular complexity index is 902. The summed E-state index contributed by atoms with van der Waals surface area (Å²) in [6, 6.07) is 8.44. The highest BCUT2D eigenvalue weighted by atomic mass is 79.9. The zero-order valence-corrected chi connectivity index (χ0v) is 15.3. The maximum atomic E-state index is 4.79. The first-order valence-electron chi connectivity index (χ1n) is 7.99. The van der Waals surface area contributed by atoms with Crippen molar-refractivity contribution >= 4 is 21.7 Å². The first-order valence-corrected chi connectivity index (χ1v) is 8.78. The topological polar surface area (TPSA) is 46.8 Å². The van der Waals surface area contributed by atoms with Gasteiger partial charge in [-0.2, -0.15) is 5.10 Å². The molecule has 0 spiro atoms. The van der Waals surface area contributed by atoms with Gasteiger partial charge in [-0.25, -0.2) is 9.67 Å². The molecule has 0 aliphatic carbocycles. The third-order valence-electron chi connectivity index (χ3n) is 4.38. The SMILES string of the molecule is Cc1cc(C)n(-c2cncc(N3CCc4cccc(Br)c4C3)n2)n1. The van der Waals surface area contributed by atoms with Crippen LogP contribution in [0.3, 0.4) is 0 Å². The molecular weight excluding hydrogens is 366 g/mol. The highest BCUT2D eigenvalue weighted by Gasteiger charge is 2.20. The van der Waals surface area contributed by atoms with Crippen LogP contribution in [0.4, 0.5) is 5.82 Å². The molecule has 3 heterocycles. The van der Waals surface area contributed by atoms with Gasteiger partial charge < -0.3 is 4.90 Å². The summed E-state index contributed by atoms with van der Waals surface area (Å²) in [7, 11) is 0. The van der Waals surface area contributed by atoms with Crippen LogP contribution >= 0.6 is 15.9 Å². The van der Waals surface area contributed by atoms with Crippen molar-refractivity contribution in [2.24, 2.45) is 0 Å². The largest absolute Gasteiger partial charge is 0.351 e. The molecule has 3 aromatic rings. The number of fused-ring (bicyclic) bond motifs is 1. The summed E-state index contributed by atoms with van der Waals surface area (Å²) >= 11 is 3.67. The number of aromatic nitrogens is 4. The van der Waals surface area contributed by atoms with Crippen LogP contribution < -0.4 is 4.90 Å². The van der Waals surface area contributed by atoms with Crippen molar-refractivity contribution in [3.05, 3.63) is 63.6 Å². The predicted octanol–water partition coefficient (Wildman–Crippen LogP) is 3.60.